The van der Waals surface area contributed by atoms with Gasteiger partial charge in [-0.1, -0.05) is 36.8 Å². The van der Waals surface area contributed by atoms with Crippen LogP contribution in [0.3, 0.4) is 0 Å². The SMILES string of the molecule is O=C(CCCN1C(=O)/C(=C\c2ccco2)SC1=S)NC1CCCC1. The number of hydrogen-bond acceptors (Lipinski definition) is 5. The molecule has 128 valence electrons. The van der Waals surface area contributed by atoms with E-state index in [1.165, 1.54) is 24.6 Å². The van der Waals surface area contributed by atoms with Crippen LogP contribution in [0.5, 0.6) is 0 Å². The van der Waals surface area contributed by atoms with Crippen LogP contribution in [0.1, 0.15) is 44.3 Å². The summed E-state index contributed by atoms with van der Waals surface area (Å²) in [7, 11) is 0. The first-order valence-electron chi connectivity index (χ1n) is 8.22. The first-order valence-corrected chi connectivity index (χ1v) is 9.44. The average molecular weight is 364 g/mol. The van der Waals surface area contributed by atoms with Gasteiger partial charge in [0.15, 0.2) is 0 Å². The lowest BCUT2D eigenvalue weighted by Gasteiger charge is -2.15. The molecule has 2 fully saturated rings. The van der Waals surface area contributed by atoms with Crippen LogP contribution in [0.25, 0.3) is 6.08 Å². The van der Waals surface area contributed by atoms with Crippen LogP contribution >= 0.6 is 24.0 Å². The first-order chi connectivity index (χ1) is 11.6. The van der Waals surface area contributed by atoms with Crippen LogP contribution in [-0.2, 0) is 9.59 Å². The Hall–Kier alpha value is -1.60. The van der Waals surface area contributed by atoms with E-state index in [0.717, 1.165) is 12.8 Å². The van der Waals surface area contributed by atoms with E-state index >= 15 is 0 Å². The van der Waals surface area contributed by atoms with Crippen molar-refractivity contribution in [2.75, 3.05) is 6.54 Å². The maximum atomic E-state index is 12.4. The van der Waals surface area contributed by atoms with Gasteiger partial charge < -0.3 is 9.73 Å². The maximum absolute atomic E-state index is 12.4. The Balaban J connectivity index is 1.47. The van der Waals surface area contributed by atoms with Gasteiger partial charge in [0.05, 0.1) is 11.2 Å². The molecule has 3 rings (SSSR count). The zero-order valence-electron chi connectivity index (χ0n) is 13.3. The number of thiocarbonyl (C=S) groups is 1. The minimum absolute atomic E-state index is 0.0680. The Kier molecular flexibility index (Phi) is 5.73. The van der Waals surface area contributed by atoms with Crippen molar-refractivity contribution in [3.05, 3.63) is 29.1 Å². The summed E-state index contributed by atoms with van der Waals surface area (Å²) >= 11 is 6.55. The van der Waals surface area contributed by atoms with Gasteiger partial charge in [-0.3, -0.25) is 14.5 Å². The van der Waals surface area contributed by atoms with Crippen molar-refractivity contribution in [1.82, 2.24) is 10.2 Å². The fourth-order valence-electron chi connectivity index (χ4n) is 2.96. The average Bonchev–Trinajstić information content (AvgIpc) is 3.27. The smallest absolute Gasteiger partial charge is 0.266 e. The molecule has 5 nitrogen and oxygen atoms in total. The van der Waals surface area contributed by atoms with Gasteiger partial charge in [-0.15, -0.1) is 0 Å². The molecule has 0 unspecified atom stereocenters. The lowest BCUT2D eigenvalue weighted by Crippen LogP contribution is -2.34. The van der Waals surface area contributed by atoms with E-state index in [2.05, 4.69) is 5.32 Å². The lowest BCUT2D eigenvalue weighted by atomic mass is 10.2. The number of amides is 2. The summed E-state index contributed by atoms with van der Waals surface area (Å²) in [5.41, 5.74) is 0. The Morgan fingerprint density at radius 2 is 2.25 bits per heavy atom. The van der Waals surface area contributed by atoms with E-state index in [1.807, 2.05) is 0 Å². The molecule has 1 N–H and O–H groups in total. The van der Waals surface area contributed by atoms with E-state index in [-0.39, 0.29) is 11.8 Å². The molecule has 24 heavy (non-hydrogen) atoms. The van der Waals surface area contributed by atoms with E-state index in [0.29, 0.717) is 40.4 Å². The van der Waals surface area contributed by atoms with Crippen molar-refractivity contribution in [3.8, 4) is 0 Å². The minimum atomic E-state index is -0.113. The number of nitrogens with one attached hydrogen (secondary N) is 1. The molecule has 0 spiro atoms. The van der Waals surface area contributed by atoms with Crippen LogP contribution in [0.15, 0.2) is 27.7 Å². The molecular weight excluding hydrogens is 344 g/mol. The summed E-state index contributed by atoms with van der Waals surface area (Å²) in [5.74, 6) is 0.586. The molecule has 2 aliphatic rings. The van der Waals surface area contributed by atoms with Crippen LogP contribution in [-0.4, -0.2) is 33.6 Å². The first kappa shape index (κ1) is 17.2. The third-order valence-electron chi connectivity index (χ3n) is 4.20. The lowest BCUT2D eigenvalue weighted by molar-refractivity contribution is -0.124. The van der Waals surface area contributed by atoms with Crippen molar-refractivity contribution in [2.24, 2.45) is 0 Å². The van der Waals surface area contributed by atoms with Crippen molar-refractivity contribution in [3.63, 3.8) is 0 Å². The Labute approximate surface area is 150 Å². The summed E-state index contributed by atoms with van der Waals surface area (Å²) in [5, 5.41) is 3.06. The van der Waals surface area contributed by atoms with Gasteiger partial charge in [0.25, 0.3) is 5.91 Å². The summed E-state index contributed by atoms with van der Waals surface area (Å²) in [6.07, 6.45) is 8.86. The third-order valence-corrected chi connectivity index (χ3v) is 5.57. The molecule has 1 aliphatic heterocycles. The quantitative estimate of drug-likeness (QED) is 0.620. The van der Waals surface area contributed by atoms with E-state index in [1.54, 1.807) is 29.4 Å². The highest BCUT2D eigenvalue weighted by Crippen LogP contribution is 2.32. The Morgan fingerprint density at radius 3 is 2.96 bits per heavy atom. The molecule has 0 atom stereocenters. The number of hydrogen-bond donors (Lipinski definition) is 1. The van der Waals surface area contributed by atoms with Gasteiger partial charge >= 0.3 is 0 Å². The maximum Gasteiger partial charge on any atom is 0.266 e. The van der Waals surface area contributed by atoms with Crippen LogP contribution in [0.4, 0.5) is 0 Å². The number of nitrogens with zero attached hydrogens (tertiary/aromatic N) is 1. The van der Waals surface area contributed by atoms with Crippen LogP contribution in [0, 0.1) is 0 Å². The molecule has 1 aromatic heterocycles. The molecular formula is C17H20N2O3S2. The molecule has 2 heterocycles. The summed E-state index contributed by atoms with van der Waals surface area (Å²) in [4.78, 5) is 26.5. The standard InChI is InChI=1S/C17H20N2O3S2/c20-15(18-12-5-1-2-6-12)8-3-9-19-16(21)14(24-17(19)23)11-13-7-4-10-22-13/h4,7,10-12H,1-3,5-6,8-9H2,(H,18,20)/b14-11+. The minimum Gasteiger partial charge on any atom is -0.465 e. The highest BCUT2D eigenvalue weighted by atomic mass is 32.2. The van der Waals surface area contributed by atoms with E-state index in [4.69, 9.17) is 16.6 Å². The fraction of sp³-hybridized carbons (Fsp3) is 0.471. The molecule has 2 amide bonds. The summed E-state index contributed by atoms with van der Waals surface area (Å²) in [6.45, 7) is 0.470. The van der Waals surface area contributed by atoms with Gasteiger partial charge in [0, 0.05) is 25.1 Å². The van der Waals surface area contributed by atoms with E-state index in [9.17, 15) is 9.59 Å². The Bertz CT molecular complexity index is 649. The zero-order valence-corrected chi connectivity index (χ0v) is 15.0. The van der Waals surface area contributed by atoms with Crippen molar-refractivity contribution in [1.29, 1.82) is 0 Å². The largest absolute Gasteiger partial charge is 0.465 e. The molecule has 1 saturated heterocycles. The predicted octanol–water partition coefficient (Wildman–Crippen LogP) is 3.32. The number of thioether (sulfide) groups is 1. The van der Waals surface area contributed by atoms with Gasteiger partial charge in [0.1, 0.15) is 10.1 Å². The summed E-state index contributed by atoms with van der Waals surface area (Å²) < 4.78 is 5.77. The second-order valence-corrected chi connectivity index (χ2v) is 7.68. The molecule has 7 heteroatoms. The number of carbonyl (C=O) groups is 2. The highest BCUT2D eigenvalue weighted by Gasteiger charge is 2.31. The van der Waals surface area contributed by atoms with Gasteiger partial charge in [-0.2, -0.15) is 0 Å². The molecule has 1 aliphatic carbocycles. The highest BCUT2D eigenvalue weighted by molar-refractivity contribution is 8.26. The van der Waals surface area contributed by atoms with E-state index < -0.39 is 0 Å². The molecule has 0 bridgehead atoms. The Morgan fingerprint density at radius 1 is 1.46 bits per heavy atom. The van der Waals surface area contributed by atoms with Crippen LogP contribution < -0.4 is 5.32 Å². The number of rotatable bonds is 6. The summed E-state index contributed by atoms with van der Waals surface area (Å²) in [6, 6.07) is 3.90. The second kappa shape index (κ2) is 7.98. The molecule has 0 radical (unpaired) electrons. The third kappa shape index (κ3) is 4.27. The normalized spacial score (nSPS) is 20.3. The van der Waals surface area contributed by atoms with Crippen molar-refractivity contribution in [2.45, 2.75) is 44.6 Å². The zero-order chi connectivity index (χ0) is 16.9. The number of furan rings is 1. The second-order valence-electron chi connectivity index (χ2n) is 6.00. The molecule has 1 aromatic rings. The van der Waals surface area contributed by atoms with Gasteiger partial charge in [0.2, 0.25) is 5.91 Å². The van der Waals surface area contributed by atoms with Crippen LogP contribution in [0.2, 0.25) is 0 Å². The topological polar surface area (TPSA) is 62.6 Å². The van der Waals surface area contributed by atoms with Gasteiger partial charge in [-0.25, -0.2) is 0 Å². The molecule has 0 aromatic carbocycles. The van der Waals surface area contributed by atoms with Crippen molar-refractivity contribution < 1.29 is 14.0 Å². The number of carbonyl (C=O) groups excluding carboxylic acids is 2. The molecule has 1 saturated carbocycles. The van der Waals surface area contributed by atoms with Gasteiger partial charge in [-0.05, 0) is 31.4 Å². The predicted molar refractivity (Wildman–Crippen MR) is 98.2 cm³/mol. The fourth-order valence-corrected chi connectivity index (χ4v) is 4.25. The monoisotopic (exact) mass is 364 g/mol. The van der Waals surface area contributed by atoms with Crippen molar-refractivity contribution >= 4 is 46.2 Å².